The van der Waals surface area contributed by atoms with Gasteiger partial charge >= 0.3 is 0 Å². The van der Waals surface area contributed by atoms with Crippen LogP contribution in [0.2, 0.25) is 0 Å². The first-order valence-corrected chi connectivity index (χ1v) is 9.48. The molecular weight excluding hydrogens is 370 g/mol. The van der Waals surface area contributed by atoms with Gasteiger partial charge in [-0.2, -0.15) is 0 Å². The van der Waals surface area contributed by atoms with E-state index in [1.807, 2.05) is 41.0 Å². The molecule has 0 radical (unpaired) electrons. The minimum Gasteiger partial charge on any atom is -0.490 e. The molecule has 1 aromatic heterocycles. The number of fused-ring (bicyclic) bond motifs is 4. The van der Waals surface area contributed by atoms with Crippen LogP contribution >= 0.6 is 0 Å². The molecule has 148 valence electrons. The van der Waals surface area contributed by atoms with Gasteiger partial charge in [-0.1, -0.05) is 24.8 Å². The second-order valence-corrected chi connectivity index (χ2v) is 6.83. The van der Waals surface area contributed by atoms with Gasteiger partial charge in [-0.05, 0) is 12.1 Å². The monoisotopic (exact) mass is 391 g/mol. The van der Waals surface area contributed by atoms with Crippen molar-refractivity contribution in [3.63, 3.8) is 0 Å². The van der Waals surface area contributed by atoms with Gasteiger partial charge in [0.15, 0.2) is 23.6 Å². The third-order valence-corrected chi connectivity index (χ3v) is 4.83. The molecule has 2 aliphatic heterocycles. The van der Waals surface area contributed by atoms with Crippen molar-refractivity contribution in [2.24, 2.45) is 10.7 Å². The number of aromatic nitrogens is 2. The van der Waals surface area contributed by atoms with Gasteiger partial charge in [0.1, 0.15) is 12.4 Å². The third kappa shape index (κ3) is 3.12. The van der Waals surface area contributed by atoms with Crippen molar-refractivity contribution in [2.75, 3.05) is 25.1 Å². The first-order valence-electron chi connectivity index (χ1n) is 9.48. The van der Waals surface area contributed by atoms with Gasteiger partial charge in [-0.25, -0.2) is 9.98 Å². The third-order valence-electron chi connectivity index (χ3n) is 4.83. The van der Waals surface area contributed by atoms with E-state index >= 15 is 0 Å². The zero-order valence-corrected chi connectivity index (χ0v) is 15.8. The zero-order valence-electron chi connectivity index (χ0n) is 15.8. The molecule has 1 atom stereocenters. The lowest BCUT2D eigenvalue weighted by atomic mass is 10.1. The maximum absolute atomic E-state index is 6.05. The Bertz CT molecular complexity index is 1120. The largest absolute Gasteiger partial charge is 0.490 e. The molecule has 8 nitrogen and oxygen atoms in total. The van der Waals surface area contributed by atoms with Crippen LogP contribution in [-0.2, 0) is 0 Å². The molecule has 29 heavy (non-hydrogen) atoms. The van der Waals surface area contributed by atoms with Crippen molar-refractivity contribution < 1.29 is 14.2 Å². The topological polar surface area (TPSA) is 95.9 Å². The summed E-state index contributed by atoms with van der Waals surface area (Å²) < 4.78 is 19.4. The summed E-state index contributed by atoms with van der Waals surface area (Å²) in [5.74, 6) is 3.09. The predicted molar refractivity (Wildman–Crippen MR) is 111 cm³/mol. The second kappa shape index (κ2) is 7.05. The predicted octanol–water partition coefficient (Wildman–Crippen LogP) is 3.05. The van der Waals surface area contributed by atoms with E-state index in [9.17, 15) is 0 Å². The van der Waals surface area contributed by atoms with Crippen LogP contribution < -0.4 is 25.3 Å². The number of hydrogen-bond donors (Lipinski definition) is 2. The molecule has 5 rings (SSSR count). The summed E-state index contributed by atoms with van der Waals surface area (Å²) in [7, 11) is 0. The highest BCUT2D eigenvalue weighted by molar-refractivity contribution is 5.95. The quantitative estimate of drug-likeness (QED) is 0.664. The highest BCUT2D eigenvalue weighted by Gasteiger charge is 2.27. The van der Waals surface area contributed by atoms with Gasteiger partial charge in [-0.15, -0.1) is 0 Å². The van der Waals surface area contributed by atoms with Gasteiger partial charge in [0.25, 0.3) is 0 Å². The molecule has 3 aromatic rings. The van der Waals surface area contributed by atoms with Crippen LogP contribution in [0.4, 0.5) is 5.95 Å². The number of imidazole rings is 1. The Morgan fingerprint density at radius 1 is 1.24 bits per heavy atom. The van der Waals surface area contributed by atoms with E-state index in [1.165, 1.54) is 0 Å². The van der Waals surface area contributed by atoms with Crippen LogP contribution in [-0.4, -0.2) is 35.3 Å². The number of nitrogens with two attached hydrogens (primary N) is 1. The maximum Gasteiger partial charge on any atom is 0.212 e. The van der Waals surface area contributed by atoms with E-state index in [4.69, 9.17) is 24.9 Å². The van der Waals surface area contributed by atoms with Crippen molar-refractivity contribution in [3.05, 3.63) is 54.6 Å². The molecule has 0 bridgehead atoms. The number of benzene rings is 2. The van der Waals surface area contributed by atoms with E-state index in [-0.39, 0.29) is 6.17 Å². The minimum atomic E-state index is -0.381. The molecule has 0 saturated carbocycles. The summed E-state index contributed by atoms with van der Waals surface area (Å²) >= 11 is 0. The first-order chi connectivity index (χ1) is 14.2. The number of aliphatic imine (C=N–C) groups is 1. The lowest BCUT2D eigenvalue weighted by Crippen LogP contribution is -2.31. The Kier molecular flexibility index (Phi) is 4.23. The van der Waals surface area contributed by atoms with Crippen molar-refractivity contribution in [1.82, 2.24) is 9.55 Å². The number of nitrogens with one attached hydrogen (secondary N) is 1. The molecule has 2 aromatic carbocycles. The van der Waals surface area contributed by atoms with Gasteiger partial charge in [-0.3, -0.25) is 9.88 Å². The minimum absolute atomic E-state index is 0.310. The summed E-state index contributed by atoms with van der Waals surface area (Å²) in [6.45, 7) is 5.37. The first kappa shape index (κ1) is 17.4. The van der Waals surface area contributed by atoms with Crippen LogP contribution in [0.25, 0.3) is 11.0 Å². The van der Waals surface area contributed by atoms with Crippen molar-refractivity contribution >= 4 is 22.9 Å². The number of rotatable bonds is 4. The normalized spacial score (nSPS) is 17.7. The zero-order chi connectivity index (χ0) is 19.8. The Labute approximate surface area is 167 Å². The Morgan fingerprint density at radius 2 is 2.07 bits per heavy atom. The number of hydrogen-bond acceptors (Lipinski definition) is 7. The van der Waals surface area contributed by atoms with Gasteiger partial charge < -0.3 is 19.9 Å². The molecule has 0 fully saturated rings. The second-order valence-electron chi connectivity index (χ2n) is 6.83. The van der Waals surface area contributed by atoms with E-state index in [2.05, 4.69) is 16.9 Å². The van der Waals surface area contributed by atoms with Crippen LogP contribution in [0.1, 0.15) is 18.2 Å². The fourth-order valence-corrected chi connectivity index (χ4v) is 3.57. The highest BCUT2D eigenvalue weighted by Crippen LogP contribution is 2.39. The van der Waals surface area contributed by atoms with Crippen LogP contribution in [0.3, 0.4) is 0 Å². The fourth-order valence-electron chi connectivity index (χ4n) is 3.57. The standard InChI is InChI=1S/C21H21N5O3/c1-2-7-27-14-6-3-5-13(10-14)19-24-20(22)25-21-23-15-11-17-18(12-16(15)26(19)21)29-9-4-8-28-17/h2-3,5-6,10-12,19H,1,4,7-9H2,(H3,22,23,24,25)/t19-/m1/s1. The molecule has 0 unspecified atom stereocenters. The maximum atomic E-state index is 6.05. The van der Waals surface area contributed by atoms with E-state index < -0.39 is 0 Å². The Morgan fingerprint density at radius 3 is 2.90 bits per heavy atom. The average Bonchev–Trinajstić information content (AvgIpc) is 2.91. The fraction of sp³-hybridized carbons (Fsp3) is 0.238. The molecular formula is C21H21N5O3. The number of anilines is 1. The van der Waals surface area contributed by atoms with E-state index in [0.29, 0.717) is 43.2 Å². The molecule has 0 aliphatic carbocycles. The molecule has 0 spiro atoms. The smallest absolute Gasteiger partial charge is 0.212 e. The van der Waals surface area contributed by atoms with Crippen LogP contribution in [0.15, 0.2) is 54.0 Å². The Balaban J connectivity index is 1.63. The Hall–Kier alpha value is -3.68. The van der Waals surface area contributed by atoms with E-state index in [1.54, 1.807) is 6.08 Å². The SMILES string of the molecule is C=CCOc1cccc([C@@H]2N=C(N)Nc3nc4cc5c(cc4n32)OCCCO5)c1. The van der Waals surface area contributed by atoms with Gasteiger partial charge in [0.05, 0.1) is 24.2 Å². The lowest BCUT2D eigenvalue weighted by molar-refractivity contribution is 0.297. The molecule has 3 heterocycles. The lowest BCUT2D eigenvalue weighted by Gasteiger charge is -2.24. The van der Waals surface area contributed by atoms with Crippen molar-refractivity contribution in [3.8, 4) is 17.2 Å². The number of guanidine groups is 1. The summed E-state index contributed by atoms with van der Waals surface area (Å²) in [6, 6.07) is 11.6. The summed E-state index contributed by atoms with van der Waals surface area (Å²) in [4.78, 5) is 9.33. The van der Waals surface area contributed by atoms with Crippen LogP contribution in [0, 0.1) is 0 Å². The summed E-state index contributed by atoms with van der Waals surface area (Å²) in [5, 5.41) is 3.05. The van der Waals surface area contributed by atoms with Gasteiger partial charge in [0.2, 0.25) is 5.95 Å². The van der Waals surface area contributed by atoms with E-state index in [0.717, 1.165) is 28.8 Å². The molecule has 8 heteroatoms. The molecule has 2 aliphatic rings. The summed E-state index contributed by atoms with van der Waals surface area (Å²) in [6.07, 6.45) is 2.18. The molecule has 3 N–H and O–H groups in total. The highest BCUT2D eigenvalue weighted by atomic mass is 16.5. The average molecular weight is 391 g/mol. The number of ether oxygens (including phenoxy) is 3. The molecule has 0 amide bonds. The molecule has 0 saturated heterocycles. The van der Waals surface area contributed by atoms with Gasteiger partial charge in [0, 0.05) is 24.1 Å². The summed E-state index contributed by atoms with van der Waals surface area (Å²) in [5.41, 5.74) is 8.65. The number of nitrogens with zero attached hydrogens (tertiary/aromatic N) is 3. The van der Waals surface area contributed by atoms with Crippen LogP contribution in [0.5, 0.6) is 17.2 Å². The van der Waals surface area contributed by atoms with Crippen molar-refractivity contribution in [2.45, 2.75) is 12.6 Å². The van der Waals surface area contributed by atoms with Crippen molar-refractivity contribution in [1.29, 1.82) is 0 Å².